The molecule has 0 spiro atoms. The van der Waals surface area contributed by atoms with Gasteiger partial charge in [-0.05, 0) is 92.5 Å². The average molecular weight is 1020 g/mol. The molecule has 0 unspecified atom stereocenters. The van der Waals surface area contributed by atoms with Crippen LogP contribution in [-0.4, -0.2) is 19.2 Å². The molecule has 0 bridgehead atoms. The van der Waals surface area contributed by atoms with Gasteiger partial charge in [-0.15, -0.1) is 30.3 Å². The Labute approximate surface area is 390 Å². The molecular weight excluding hydrogens is 980 g/mol. The van der Waals surface area contributed by atoms with E-state index in [9.17, 15) is 4.39 Å². The van der Waals surface area contributed by atoms with Crippen molar-refractivity contribution < 1.29 is 28.9 Å². The average Bonchev–Trinajstić information content (AvgIpc) is 4.08. The van der Waals surface area contributed by atoms with Gasteiger partial charge in [-0.1, -0.05) is 159 Å². The Morgan fingerprint density at radius 1 is 0.569 bits per heavy atom. The quantitative estimate of drug-likeness (QED) is 0.123. The molecule has 0 N–H and O–H groups in total. The van der Waals surface area contributed by atoms with Crippen LogP contribution >= 0.6 is 0 Å². The minimum atomic E-state index is -0.279. The number of imidazole rings is 1. The largest absolute Gasteiger partial charge is 0.501 e. The number of nitrogens with zero attached hydrogens (tertiary/aromatic N) is 4. The summed E-state index contributed by atoms with van der Waals surface area (Å²) in [6.07, 6.45) is 1.75. The fourth-order valence-corrected chi connectivity index (χ4v) is 9.22. The van der Waals surface area contributed by atoms with Gasteiger partial charge < -0.3 is 8.98 Å². The molecular formula is C58H43FIrN4O-2. The van der Waals surface area contributed by atoms with E-state index in [1.165, 1.54) is 45.6 Å². The van der Waals surface area contributed by atoms with Crippen LogP contribution in [0.15, 0.2) is 180 Å². The minimum absolute atomic E-state index is 0. The monoisotopic (exact) mass is 1020 g/mol. The maximum atomic E-state index is 13.4. The van der Waals surface area contributed by atoms with Crippen LogP contribution in [0.3, 0.4) is 0 Å². The summed E-state index contributed by atoms with van der Waals surface area (Å²) in [5, 5.41) is 9.37. The molecule has 0 aliphatic heterocycles. The van der Waals surface area contributed by atoms with E-state index in [-0.39, 0.29) is 37.8 Å². The van der Waals surface area contributed by atoms with Gasteiger partial charge in [0, 0.05) is 43.2 Å². The molecule has 0 aliphatic carbocycles. The molecule has 12 aromatic rings. The Hall–Kier alpha value is -7.18. The molecule has 0 aliphatic rings. The molecule has 319 valence electrons. The Kier molecular flexibility index (Phi) is 11.0. The number of hydrogen-bond donors (Lipinski definition) is 0. The number of rotatable bonds is 6. The van der Waals surface area contributed by atoms with Gasteiger partial charge in [0.2, 0.25) is 0 Å². The molecule has 8 aromatic carbocycles. The summed E-state index contributed by atoms with van der Waals surface area (Å²) >= 11 is 0. The van der Waals surface area contributed by atoms with Gasteiger partial charge in [0.15, 0.2) is 0 Å². The van der Waals surface area contributed by atoms with Gasteiger partial charge in [-0.25, -0.2) is 0 Å². The first kappa shape index (κ1) is 41.8. The Morgan fingerprint density at radius 3 is 1.95 bits per heavy atom. The van der Waals surface area contributed by atoms with E-state index in [0.29, 0.717) is 0 Å². The summed E-state index contributed by atoms with van der Waals surface area (Å²) in [5.74, 6) is 1.13. The number of para-hydroxylation sites is 2. The molecule has 0 amide bonds. The molecule has 4 aromatic heterocycles. The van der Waals surface area contributed by atoms with E-state index in [0.717, 1.165) is 77.1 Å². The van der Waals surface area contributed by atoms with Crippen molar-refractivity contribution in [2.24, 2.45) is 0 Å². The smallest absolute Gasteiger partial charge is 0.121 e. The number of benzene rings is 8. The van der Waals surface area contributed by atoms with Crippen LogP contribution in [0.1, 0.15) is 50.7 Å². The third-order valence-electron chi connectivity index (χ3n) is 12.3. The van der Waals surface area contributed by atoms with Crippen molar-refractivity contribution >= 4 is 60.2 Å². The van der Waals surface area contributed by atoms with Crippen LogP contribution < -0.4 is 0 Å². The van der Waals surface area contributed by atoms with Crippen molar-refractivity contribution in [2.75, 3.05) is 0 Å². The molecule has 0 fully saturated rings. The summed E-state index contributed by atoms with van der Waals surface area (Å²) in [4.78, 5) is 5.30. The van der Waals surface area contributed by atoms with E-state index < -0.39 is 0 Å². The number of hydrogen-bond acceptors (Lipinski definition) is 3. The molecule has 65 heavy (non-hydrogen) atoms. The van der Waals surface area contributed by atoms with E-state index in [1.807, 2.05) is 42.5 Å². The second kappa shape index (κ2) is 17.1. The topological polar surface area (TPSA) is 48.3 Å². The SMILES string of the molecule is CC(C)c1cc(-c2ccccc2)cc(C(C)C)c1-n1c(-c2[c-]ccc3c2oc2cc(-c4ccccc4)ccc23)nc2ccccc21.Fc1c[c-]c2c(c1)c1ccccc1c1ccnn21.[Ir]. The summed E-state index contributed by atoms with van der Waals surface area (Å²) < 4.78 is 24.3. The molecule has 0 atom stereocenters. The Balaban J connectivity index is 0.000000218. The van der Waals surface area contributed by atoms with Crippen molar-refractivity contribution in [1.82, 2.24) is 19.2 Å². The van der Waals surface area contributed by atoms with E-state index in [4.69, 9.17) is 9.40 Å². The molecule has 12 rings (SSSR count). The number of furan rings is 1. The van der Waals surface area contributed by atoms with Crippen LogP contribution in [0, 0.1) is 17.9 Å². The fourth-order valence-electron chi connectivity index (χ4n) is 9.22. The molecule has 1 radical (unpaired) electrons. The van der Waals surface area contributed by atoms with Gasteiger partial charge in [-0.2, -0.15) is 11.2 Å². The second-order valence-corrected chi connectivity index (χ2v) is 17.0. The summed E-state index contributed by atoms with van der Waals surface area (Å²) in [6, 6.07) is 64.3. The van der Waals surface area contributed by atoms with Crippen LogP contribution in [-0.2, 0) is 20.1 Å². The van der Waals surface area contributed by atoms with Crippen molar-refractivity contribution in [3.05, 3.63) is 205 Å². The standard InChI is InChI=1S/C43H35N2O.C15H8FN2.Ir/c1-27(2)36-24-32(30-16-9-6-10-17-30)25-37(28(3)4)41(36)45-39-21-12-11-20-38(39)44-43(45)35-19-13-18-34-33-23-22-31(26-40(33)46-42(34)35)29-14-7-5-8-15-29;16-10-5-6-14-13(9-10)11-3-1-2-4-12(11)15-7-8-17-18(14)15;/h5-18,20-28H,1-4H3;1-5,7-9H;/q2*-1;. The van der Waals surface area contributed by atoms with Crippen LogP contribution in [0.2, 0.25) is 0 Å². The second-order valence-electron chi connectivity index (χ2n) is 17.0. The zero-order valence-corrected chi connectivity index (χ0v) is 38.7. The molecule has 4 heterocycles. The van der Waals surface area contributed by atoms with Crippen molar-refractivity contribution in [1.29, 1.82) is 0 Å². The number of halogens is 1. The minimum Gasteiger partial charge on any atom is -0.501 e. The van der Waals surface area contributed by atoms with Gasteiger partial charge in [0.05, 0.1) is 28.0 Å². The normalized spacial score (nSPS) is 11.6. The van der Waals surface area contributed by atoms with Gasteiger partial charge in [-0.3, -0.25) is 13.9 Å². The zero-order valence-electron chi connectivity index (χ0n) is 36.3. The van der Waals surface area contributed by atoms with Gasteiger partial charge in [0.1, 0.15) is 5.58 Å². The van der Waals surface area contributed by atoms with E-state index in [1.54, 1.807) is 10.7 Å². The first-order valence-corrected chi connectivity index (χ1v) is 21.8. The summed E-state index contributed by atoms with van der Waals surface area (Å²) in [5.41, 5.74) is 14.9. The Bertz CT molecular complexity index is 3670. The third-order valence-corrected chi connectivity index (χ3v) is 12.3. The molecule has 5 nitrogen and oxygen atoms in total. The van der Waals surface area contributed by atoms with E-state index >= 15 is 0 Å². The maximum Gasteiger partial charge on any atom is 0.121 e. The van der Waals surface area contributed by atoms with Crippen LogP contribution in [0.25, 0.3) is 99.5 Å². The van der Waals surface area contributed by atoms with Crippen molar-refractivity contribution in [3.8, 4) is 39.3 Å². The first-order chi connectivity index (χ1) is 31.3. The number of aromatic nitrogens is 4. The number of pyridine rings is 1. The zero-order chi connectivity index (χ0) is 43.5. The van der Waals surface area contributed by atoms with Crippen LogP contribution in [0.4, 0.5) is 4.39 Å². The predicted molar refractivity (Wildman–Crippen MR) is 261 cm³/mol. The van der Waals surface area contributed by atoms with Crippen molar-refractivity contribution in [3.63, 3.8) is 0 Å². The summed E-state index contributed by atoms with van der Waals surface area (Å²) in [6.45, 7) is 9.14. The van der Waals surface area contributed by atoms with Crippen molar-refractivity contribution in [2.45, 2.75) is 39.5 Å². The predicted octanol–water partition coefficient (Wildman–Crippen LogP) is 15.6. The summed E-state index contributed by atoms with van der Waals surface area (Å²) in [7, 11) is 0. The molecule has 0 saturated carbocycles. The number of fused-ring (bicyclic) bond motifs is 10. The third kappa shape index (κ3) is 7.31. The molecule has 7 heteroatoms. The van der Waals surface area contributed by atoms with Crippen LogP contribution in [0.5, 0.6) is 0 Å². The maximum absolute atomic E-state index is 13.4. The fraction of sp³-hybridized carbons (Fsp3) is 0.103. The molecule has 0 saturated heterocycles. The van der Waals surface area contributed by atoms with E-state index in [2.05, 4.69) is 165 Å². The Morgan fingerprint density at radius 2 is 1.23 bits per heavy atom. The van der Waals surface area contributed by atoms with Gasteiger partial charge >= 0.3 is 0 Å². The first-order valence-electron chi connectivity index (χ1n) is 21.8. The van der Waals surface area contributed by atoms with Gasteiger partial charge in [0.25, 0.3) is 0 Å².